The van der Waals surface area contributed by atoms with Gasteiger partial charge in [-0.3, -0.25) is 24.8 Å². The SMILES string of the molecule is CC(C)CCCc1ccc(NC(=O)c2n[nH]c3ccc(-c4cncc(CN5CCC5)c4)cc23)cn1. The van der Waals surface area contributed by atoms with Crippen molar-refractivity contribution in [2.24, 2.45) is 5.92 Å². The zero-order chi connectivity index (χ0) is 24.2. The van der Waals surface area contributed by atoms with E-state index in [1.165, 1.54) is 18.4 Å². The number of aromatic amines is 1. The van der Waals surface area contributed by atoms with Crippen molar-refractivity contribution in [1.82, 2.24) is 25.1 Å². The summed E-state index contributed by atoms with van der Waals surface area (Å²) in [6.45, 7) is 7.69. The van der Waals surface area contributed by atoms with E-state index in [0.717, 1.165) is 60.2 Å². The first-order valence-corrected chi connectivity index (χ1v) is 12.5. The van der Waals surface area contributed by atoms with Crippen molar-refractivity contribution in [2.45, 2.75) is 46.1 Å². The molecule has 7 nitrogen and oxygen atoms in total. The molecule has 1 saturated heterocycles. The average Bonchev–Trinajstić information content (AvgIpc) is 3.26. The molecule has 1 aliphatic heterocycles. The second-order valence-electron chi connectivity index (χ2n) is 9.82. The number of pyridine rings is 2. The first-order valence-electron chi connectivity index (χ1n) is 12.5. The van der Waals surface area contributed by atoms with Crippen LogP contribution in [0.1, 0.15) is 54.9 Å². The molecule has 1 amide bonds. The molecule has 1 fully saturated rings. The van der Waals surface area contributed by atoms with Gasteiger partial charge in [0.15, 0.2) is 5.69 Å². The monoisotopic (exact) mass is 468 g/mol. The zero-order valence-corrected chi connectivity index (χ0v) is 20.4. The van der Waals surface area contributed by atoms with E-state index in [0.29, 0.717) is 17.3 Å². The molecule has 0 aliphatic carbocycles. The second-order valence-corrected chi connectivity index (χ2v) is 9.82. The molecule has 0 unspecified atom stereocenters. The summed E-state index contributed by atoms with van der Waals surface area (Å²) in [5.41, 5.74) is 6.15. The summed E-state index contributed by atoms with van der Waals surface area (Å²) >= 11 is 0. The van der Waals surface area contributed by atoms with E-state index in [2.05, 4.69) is 50.3 Å². The Morgan fingerprint density at radius 2 is 1.97 bits per heavy atom. The van der Waals surface area contributed by atoms with Gasteiger partial charge in [-0.2, -0.15) is 5.10 Å². The lowest BCUT2D eigenvalue weighted by molar-refractivity contribution is 0.102. The fourth-order valence-corrected chi connectivity index (χ4v) is 4.42. The maximum Gasteiger partial charge on any atom is 0.276 e. The van der Waals surface area contributed by atoms with Crippen molar-refractivity contribution < 1.29 is 4.79 Å². The fraction of sp³-hybridized carbons (Fsp3) is 0.357. The molecule has 180 valence electrons. The predicted molar refractivity (Wildman–Crippen MR) is 139 cm³/mol. The number of nitrogens with zero attached hydrogens (tertiary/aromatic N) is 4. The molecule has 0 radical (unpaired) electrons. The number of rotatable bonds is 9. The standard InChI is InChI=1S/C28H32N6O/c1-19(2)5-3-6-23-8-9-24(17-30-23)31-28(35)27-25-14-21(7-10-26(25)32-33-27)22-13-20(15-29-16-22)18-34-11-4-12-34/h7-10,13-17,19H,3-6,11-12,18H2,1-2H3,(H,31,35)(H,32,33). The average molecular weight is 469 g/mol. The van der Waals surface area contributed by atoms with Crippen LogP contribution in [0.15, 0.2) is 55.0 Å². The van der Waals surface area contributed by atoms with Crippen LogP contribution in [0.25, 0.3) is 22.0 Å². The Balaban J connectivity index is 1.30. The lowest BCUT2D eigenvalue weighted by Crippen LogP contribution is -2.36. The Morgan fingerprint density at radius 3 is 2.71 bits per heavy atom. The number of anilines is 1. The van der Waals surface area contributed by atoms with E-state index in [4.69, 9.17) is 0 Å². The number of aryl methyl sites for hydroxylation is 1. The number of amides is 1. The van der Waals surface area contributed by atoms with E-state index in [9.17, 15) is 4.79 Å². The molecule has 4 heterocycles. The summed E-state index contributed by atoms with van der Waals surface area (Å²) in [6, 6.07) is 12.1. The number of fused-ring (bicyclic) bond motifs is 1. The number of hydrogen-bond acceptors (Lipinski definition) is 5. The van der Waals surface area contributed by atoms with Crippen LogP contribution >= 0.6 is 0 Å². The first kappa shape index (κ1) is 23.2. The van der Waals surface area contributed by atoms with Gasteiger partial charge in [-0.05, 0) is 79.7 Å². The Labute approximate surface area is 206 Å². The molecule has 4 aromatic rings. The molecule has 1 aliphatic rings. The minimum atomic E-state index is -0.257. The highest BCUT2D eigenvalue weighted by molar-refractivity contribution is 6.11. The summed E-state index contributed by atoms with van der Waals surface area (Å²) in [5.74, 6) is 0.440. The van der Waals surface area contributed by atoms with Gasteiger partial charge in [-0.15, -0.1) is 0 Å². The maximum absolute atomic E-state index is 13.0. The van der Waals surface area contributed by atoms with E-state index >= 15 is 0 Å². The molecule has 5 rings (SSSR count). The van der Waals surface area contributed by atoms with Gasteiger partial charge in [0, 0.05) is 35.6 Å². The van der Waals surface area contributed by atoms with Crippen LogP contribution in [0.2, 0.25) is 0 Å². The number of carbonyl (C=O) groups excluding carboxylic acids is 1. The van der Waals surface area contributed by atoms with Crippen molar-refractivity contribution in [2.75, 3.05) is 18.4 Å². The van der Waals surface area contributed by atoms with Crippen LogP contribution in [-0.2, 0) is 13.0 Å². The van der Waals surface area contributed by atoms with Gasteiger partial charge in [0.2, 0.25) is 0 Å². The molecule has 0 saturated carbocycles. The van der Waals surface area contributed by atoms with Crippen LogP contribution in [0.5, 0.6) is 0 Å². The summed E-state index contributed by atoms with van der Waals surface area (Å²) in [6.07, 6.45) is 10.1. The first-order chi connectivity index (χ1) is 17.0. The number of aromatic nitrogens is 4. The third kappa shape index (κ3) is 5.57. The largest absolute Gasteiger partial charge is 0.319 e. The minimum absolute atomic E-state index is 0.257. The molecule has 7 heteroatoms. The highest BCUT2D eigenvalue weighted by atomic mass is 16.1. The lowest BCUT2D eigenvalue weighted by Gasteiger charge is -2.30. The summed E-state index contributed by atoms with van der Waals surface area (Å²) in [4.78, 5) is 24.4. The molecule has 0 atom stereocenters. The van der Waals surface area contributed by atoms with Crippen molar-refractivity contribution in [3.63, 3.8) is 0 Å². The van der Waals surface area contributed by atoms with Crippen molar-refractivity contribution in [1.29, 1.82) is 0 Å². The molecular formula is C28H32N6O. The van der Waals surface area contributed by atoms with Gasteiger partial charge < -0.3 is 5.32 Å². The van der Waals surface area contributed by atoms with E-state index in [1.54, 1.807) is 6.20 Å². The number of benzene rings is 1. The molecular weight excluding hydrogens is 436 g/mol. The Hall–Kier alpha value is -3.58. The van der Waals surface area contributed by atoms with Crippen LogP contribution in [0, 0.1) is 5.92 Å². The van der Waals surface area contributed by atoms with E-state index in [-0.39, 0.29) is 5.91 Å². The normalized spacial score (nSPS) is 13.8. The van der Waals surface area contributed by atoms with Gasteiger partial charge >= 0.3 is 0 Å². The molecule has 0 spiro atoms. The topological polar surface area (TPSA) is 86.8 Å². The Morgan fingerprint density at radius 1 is 1.09 bits per heavy atom. The number of nitrogens with one attached hydrogen (secondary N) is 2. The third-order valence-electron chi connectivity index (χ3n) is 6.56. The quantitative estimate of drug-likeness (QED) is 0.341. The predicted octanol–water partition coefficient (Wildman–Crippen LogP) is 5.46. The van der Waals surface area contributed by atoms with Crippen molar-refractivity contribution in [3.8, 4) is 11.1 Å². The molecule has 1 aromatic carbocycles. The van der Waals surface area contributed by atoms with Gasteiger partial charge in [-0.1, -0.05) is 26.3 Å². The van der Waals surface area contributed by atoms with Gasteiger partial charge in [-0.25, -0.2) is 0 Å². The fourth-order valence-electron chi connectivity index (χ4n) is 4.42. The minimum Gasteiger partial charge on any atom is -0.319 e. The van der Waals surface area contributed by atoms with Crippen LogP contribution in [0.4, 0.5) is 5.69 Å². The third-order valence-corrected chi connectivity index (χ3v) is 6.56. The van der Waals surface area contributed by atoms with Crippen LogP contribution in [-0.4, -0.2) is 44.1 Å². The van der Waals surface area contributed by atoms with Crippen LogP contribution < -0.4 is 5.32 Å². The number of H-pyrrole nitrogens is 1. The van der Waals surface area contributed by atoms with Crippen LogP contribution in [0.3, 0.4) is 0 Å². The van der Waals surface area contributed by atoms with Crippen molar-refractivity contribution in [3.05, 3.63) is 71.9 Å². The molecule has 35 heavy (non-hydrogen) atoms. The van der Waals surface area contributed by atoms with Gasteiger partial charge in [0.1, 0.15) is 0 Å². The lowest BCUT2D eigenvalue weighted by atomic mass is 10.0. The zero-order valence-electron chi connectivity index (χ0n) is 20.4. The van der Waals surface area contributed by atoms with E-state index < -0.39 is 0 Å². The summed E-state index contributed by atoms with van der Waals surface area (Å²) < 4.78 is 0. The maximum atomic E-state index is 13.0. The number of hydrogen-bond donors (Lipinski definition) is 2. The second kappa shape index (κ2) is 10.4. The Bertz CT molecular complexity index is 1310. The smallest absolute Gasteiger partial charge is 0.276 e. The van der Waals surface area contributed by atoms with E-state index in [1.807, 2.05) is 42.7 Å². The molecule has 3 aromatic heterocycles. The summed E-state index contributed by atoms with van der Waals surface area (Å²) in [5, 5.41) is 11.0. The number of likely N-dealkylation sites (tertiary alicyclic amines) is 1. The Kier molecular flexibility index (Phi) is 6.86. The summed E-state index contributed by atoms with van der Waals surface area (Å²) in [7, 11) is 0. The van der Waals surface area contributed by atoms with Gasteiger partial charge in [0.25, 0.3) is 5.91 Å². The van der Waals surface area contributed by atoms with Gasteiger partial charge in [0.05, 0.1) is 17.4 Å². The highest BCUT2D eigenvalue weighted by Crippen LogP contribution is 2.27. The number of carbonyl (C=O) groups is 1. The van der Waals surface area contributed by atoms with Crippen molar-refractivity contribution >= 4 is 22.5 Å². The highest BCUT2D eigenvalue weighted by Gasteiger charge is 2.17. The molecule has 2 N–H and O–H groups in total. The molecule has 0 bridgehead atoms.